The van der Waals surface area contributed by atoms with Gasteiger partial charge >= 0.3 is 0 Å². The van der Waals surface area contributed by atoms with Crippen LogP contribution in [0.3, 0.4) is 0 Å². The van der Waals surface area contributed by atoms with Crippen molar-refractivity contribution in [3.8, 4) is 0 Å². The lowest BCUT2D eigenvalue weighted by molar-refractivity contribution is 1.00. The Hall–Kier alpha value is -1.32. The van der Waals surface area contributed by atoms with E-state index in [2.05, 4.69) is 25.3 Å². The van der Waals surface area contributed by atoms with Crippen molar-refractivity contribution >= 4 is 66.3 Å². The molecule has 0 saturated heterocycles. The highest BCUT2D eigenvalue weighted by molar-refractivity contribution is 7.98. The highest BCUT2D eigenvalue weighted by Gasteiger charge is 2.04. The average molecular weight is 469 g/mol. The number of rotatable bonds is 8. The van der Waals surface area contributed by atoms with E-state index in [-0.39, 0.29) is 42.8 Å². The molecule has 0 fully saturated rings. The predicted molar refractivity (Wildman–Crippen MR) is 120 cm³/mol. The van der Waals surface area contributed by atoms with Crippen molar-refractivity contribution < 1.29 is 0 Å². The minimum atomic E-state index is -0.111. The number of aromatic nitrogens is 4. The molecule has 0 bridgehead atoms. The molecule has 0 amide bonds. The van der Waals surface area contributed by atoms with Gasteiger partial charge in [0.15, 0.2) is 0 Å². The van der Waals surface area contributed by atoms with Crippen molar-refractivity contribution in [1.29, 1.82) is 0 Å². The summed E-state index contributed by atoms with van der Waals surface area (Å²) in [4.78, 5) is 27.4. The van der Waals surface area contributed by atoms with E-state index in [1.54, 1.807) is 41.7 Å². The predicted octanol–water partition coefficient (Wildman–Crippen LogP) is 3.82. The van der Waals surface area contributed by atoms with Crippen LogP contribution in [0.5, 0.6) is 0 Å². The molecule has 0 aliphatic heterocycles. The zero-order valence-corrected chi connectivity index (χ0v) is 18.2. The molecular weight excluding hydrogens is 449 g/mol. The molecular formula is C16H20Cl3N5OS2. The fraction of sp³-hybridized carbons (Fsp3) is 0.250. The van der Waals surface area contributed by atoms with Crippen LogP contribution in [-0.4, -0.2) is 32.2 Å². The molecule has 0 aliphatic carbocycles. The third kappa shape index (κ3) is 8.49. The normalized spacial score (nSPS) is 9.48. The van der Waals surface area contributed by atoms with Crippen molar-refractivity contribution in [3.05, 3.63) is 68.8 Å². The quantitative estimate of drug-likeness (QED) is 0.489. The second-order valence-corrected chi connectivity index (χ2v) is 7.11. The minimum absolute atomic E-state index is 0. The molecule has 3 heterocycles. The van der Waals surface area contributed by atoms with Gasteiger partial charge in [0.1, 0.15) is 5.01 Å². The van der Waals surface area contributed by atoms with Gasteiger partial charge in [-0.25, -0.2) is 9.97 Å². The smallest absolute Gasteiger partial charge is 0.255 e. The molecule has 27 heavy (non-hydrogen) atoms. The average Bonchev–Trinajstić information content (AvgIpc) is 3.11. The van der Waals surface area contributed by atoms with Crippen LogP contribution in [0.4, 0.5) is 5.95 Å². The lowest BCUT2D eigenvalue weighted by Crippen LogP contribution is -2.18. The second-order valence-electron chi connectivity index (χ2n) is 5.02. The maximum Gasteiger partial charge on any atom is 0.255 e. The van der Waals surface area contributed by atoms with Crippen LogP contribution in [0.15, 0.2) is 47.1 Å². The number of anilines is 1. The third-order valence-corrected chi connectivity index (χ3v) is 5.20. The number of halogens is 3. The molecule has 148 valence electrons. The van der Waals surface area contributed by atoms with Crippen LogP contribution >= 0.6 is 60.3 Å². The molecule has 0 radical (unpaired) electrons. The van der Waals surface area contributed by atoms with Crippen LogP contribution < -0.4 is 10.9 Å². The van der Waals surface area contributed by atoms with Crippen LogP contribution in [0.1, 0.15) is 16.1 Å². The van der Waals surface area contributed by atoms with E-state index in [4.69, 9.17) is 0 Å². The van der Waals surface area contributed by atoms with Crippen molar-refractivity contribution in [2.24, 2.45) is 0 Å². The summed E-state index contributed by atoms with van der Waals surface area (Å²) in [5, 5.41) is 6.26. The Morgan fingerprint density at radius 1 is 1.11 bits per heavy atom. The van der Waals surface area contributed by atoms with E-state index in [9.17, 15) is 4.79 Å². The Morgan fingerprint density at radius 3 is 2.56 bits per heavy atom. The maximum atomic E-state index is 12.1. The first-order valence-electron chi connectivity index (χ1n) is 7.48. The summed E-state index contributed by atoms with van der Waals surface area (Å²) >= 11 is 3.46. The number of nitrogens with one attached hydrogen (secondary N) is 2. The summed E-state index contributed by atoms with van der Waals surface area (Å²) in [6.45, 7) is 0.739. The van der Waals surface area contributed by atoms with Crippen molar-refractivity contribution in [3.63, 3.8) is 0 Å². The standard InChI is InChI=1S/C16H17N5OS2.3ClH/c22-15-13(9-12-1-3-17-4-2-12)10-20-16(21-15)19-5-7-23-11-14-18-6-8-24-14;;;/h1-4,6,8,10H,5,7,9,11H2,(H2,19,20,21,22);3*1H. The molecule has 0 aromatic carbocycles. The van der Waals surface area contributed by atoms with Crippen molar-refractivity contribution in [2.75, 3.05) is 17.6 Å². The van der Waals surface area contributed by atoms with Gasteiger partial charge in [-0.05, 0) is 17.7 Å². The van der Waals surface area contributed by atoms with Crippen molar-refractivity contribution in [1.82, 2.24) is 19.9 Å². The Kier molecular flexibility index (Phi) is 13.1. The number of pyridine rings is 1. The number of nitrogens with zero attached hydrogens (tertiary/aromatic N) is 3. The lowest BCUT2D eigenvalue weighted by Gasteiger charge is -2.06. The van der Waals surface area contributed by atoms with E-state index in [0.29, 0.717) is 17.9 Å². The van der Waals surface area contributed by atoms with Crippen LogP contribution in [-0.2, 0) is 12.2 Å². The Balaban J connectivity index is 0.00000225. The molecule has 6 nitrogen and oxygen atoms in total. The largest absolute Gasteiger partial charge is 0.355 e. The summed E-state index contributed by atoms with van der Waals surface area (Å²) in [6.07, 6.45) is 7.44. The molecule has 2 N–H and O–H groups in total. The Labute approximate surface area is 184 Å². The fourth-order valence-electron chi connectivity index (χ4n) is 2.08. The Morgan fingerprint density at radius 2 is 1.89 bits per heavy atom. The van der Waals surface area contributed by atoms with Gasteiger partial charge < -0.3 is 5.32 Å². The van der Waals surface area contributed by atoms with E-state index < -0.39 is 0 Å². The third-order valence-electron chi connectivity index (χ3n) is 3.26. The maximum absolute atomic E-state index is 12.1. The summed E-state index contributed by atoms with van der Waals surface area (Å²) in [5.74, 6) is 2.34. The highest BCUT2D eigenvalue weighted by Crippen LogP contribution is 2.13. The number of H-pyrrole nitrogens is 1. The molecule has 3 rings (SSSR count). The highest BCUT2D eigenvalue weighted by atomic mass is 35.5. The van der Waals surface area contributed by atoms with Gasteiger partial charge in [0.05, 0.1) is 0 Å². The number of hydrogen-bond donors (Lipinski definition) is 2. The second kappa shape index (κ2) is 13.8. The molecule has 3 aromatic heterocycles. The van der Waals surface area contributed by atoms with Crippen LogP contribution in [0.2, 0.25) is 0 Å². The summed E-state index contributed by atoms with van der Waals surface area (Å²) in [7, 11) is 0. The van der Waals surface area contributed by atoms with E-state index in [1.165, 1.54) is 0 Å². The fourth-order valence-corrected chi connectivity index (χ4v) is 3.65. The monoisotopic (exact) mass is 467 g/mol. The Bertz CT molecular complexity index is 818. The van der Waals surface area contributed by atoms with E-state index in [1.807, 2.05) is 23.7 Å². The summed E-state index contributed by atoms with van der Waals surface area (Å²) < 4.78 is 0. The van der Waals surface area contributed by atoms with Gasteiger partial charge in [-0.1, -0.05) is 0 Å². The first-order valence-corrected chi connectivity index (χ1v) is 9.52. The molecule has 11 heteroatoms. The van der Waals surface area contributed by atoms with Gasteiger partial charge in [-0.15, -0.1) is 48.6 Å². The van der Waals surface area contributed by atoms with Gasteiger partial charge in [0.25, 0.3) is 5.56 Å². The van der Waals surface area contributed by atoms with Crippen LogP contribution in [0.25, 0.3) is 0 Å². The summed E-state index contributed by atoms with van der Waals surface area (Å²) in [6, 6.07) is 3.79. The van der Waals surface area contributed by atoms with E-state index >= 15 is 0 Å². The van der Waals surface area contributed by atoms with Gasteiger partial charge in [0.2, 0.25) is 5.95 Å². The number of thioether (sulfide) groups is 1. The topological polar surface area (TPSA) is 83.6 Å². The molecule has 0 unspecified atom stereocenters. The van der Waals surface area contributed by atoms with Crippen molar-refractivity contribution in [2.45, 2.75) is 12.2 Å². The first kappa shape index (κ1) is 25.7. The zero-order chi connectivity index (χ0) is 16.6. The molecule has 0 spiro atoms. The van der Waals surface area contributed by atoms with E-state index in [0.717, 1.165) is 28.6 Å². The molecule has 0 aliphatic rings. The number of aromatic amines is 1. The van der Waals surface area contributed by atoms with Gasteiger partial charge in [-0.3, -0.25) is 14.8 Å². The molecule has 3 aromatic rings. The van der Waals surface area contributed by atoms with Crippen LogP contribution in [0, 0.1) is 0 Å². The molecule has 0 saturated carbocycles. The zero-order valence-electron chi connectivity index (χ0n) is 14.2. The first-order chi connectivity index (χ1) is 11.8. The summed E-state index contributed by atoms with van der Waals surface area (Å²) in [5.41, 5.74) is 1.57. The van der Waals surface area contributed by atoms with Gasteiger partial charge in [-0.2, -0.15) is 11.8 Å². The minimum Gasteiger partial charge on any atom is -0.355 e. The SMILES string of the molecule is Cl.Cl.Cl.O=c1[nH]c(NCCSCc2nccs2)ncc1Cc1ccncc1. The lowest BCUT2D eigenvalue weighted by atomic mass is 10.1. The number of thiazole rings is 1. The molecule has 0 atom stereocenters. The van der Waals surface area contributed by atoms with Gasteiger partial charge in [0, 0.05) is 60.2 Å². The number of hydrogen-bond acceptors (Lipinski definition) is 7.